The number of ether oxygens (including phenoxy) is 2. The molecule has 4 rings (SSSR count). The Morgan fingerprint density at radius 2 is 1.67 bits per heavy atom. The maximum Gasteiger partial charge on any atom is 0.407 e. The third-order valence-electron chi connectivity index (χ3n) is 6.49. The second-order valence-corrected chi connectivity index (χ2v) is 8.67. The van der Waals surface area contributed by atoms with Crippen LogP contribution in [0.3, 0.4) is 0 Å². The van der Waals surface area contributed by atoms with E-state index in [1.807, 2.05) is 24.3 Å². The zero-order valence-electron chi connectivity index (χ0n) is 18.5. The fourth-order valence-corrected chi connectivity index (χ4v) is 4.69. The first-order valence-electron chi connectivity index (χ1n) is 11.1. The number of nitrogens with one attached hydrogen (secondary N) is 2. The lowest BCUT2D eigenvalue weighted by molar-refractivity contribution is -0.143. The third-order valence-corrected chi connectivity index (χ3v) is 6.49. The van der Waals surface area contributed by atoms with E-state index in [1.54, 1.807) is 0 Å². The van der Waals surface area contributed by atoms with Crippen molar-refractivity contribution in [2.24, 2.45) is 0 Å². The molecule has 0 saturated heterocycles. The topological polar surface area (TPSA) is 114 Å². The van der Waals surface area contributed by atoms with Crippen molar-refractivity contribution in [1.82, 2.24) is 10.6 Å². The van der Waals surface area contributed by atoms with E-state index in [0.29, 0.717) is 12.8 Å². The molecule has 2 aliphatic carbocycles. The number of benzene rings is 2. The van der Waals surface area contributed by atoms with Gasteiger partial charge in [-0.05, 0) is 41.5 Å². The number of fused-ring (bicyclic) bond motifs is 3. The predicted molar refractivity (Wildman–Crippen MR) is 121 cm³/mol. The molecule has 1 atom stereocenters. The van der Waals surface area contributed by atoms with Crippen molar-refractivity contribution < 1.29 is 29.0 Å². The lowest BCUT2D eigenvalue weighted by Gasteiger charge is -2.41. The Labute approximate surface area is 192 Å². The minimum absolute atomic E-state index is 0.00924. The Morgan fingerprint density at radius 1 is 1.06 bits per heavy atom. The van der Waals surface area contributed by atoms with E-state index in [4.69, 9.17) is 9.47 Å². The summed E-state index contributed by atoms with van der Waals surface area (Å²) >= 11 is 0. The molecule has 2 aromatic rings. The number of carboxylic acids is 1. The molecule has 0 spiro atoms. The summed E-state index contributed by atoms with van der Waals surface area (Å²) in [5, 5.41) is 14.5. The summed E-state index contributed by atoms with van der Waals surface area (Å²) in [5.74, 6) is -1.66. The van der Waals surface area contributed by atoms with Gasteiger partial charge in [0.1, 0.15) is 6.61 Å². The molecule has 8 heteroatoms. The molecular weight excluding hydrogens is 424 g/mol. The fourth-order valence-electron chi connectivity index (χ4n) is 4.69. The minimum atomic E-state index is -1.17. The summed E-state index contributed by atoms with van der Waals surface area (Å²) in [7, 11) is 1.37. The van der Waals surface area contributed by atoms with Gasteiger partial charge in [-0.25, -0.2) is 9.59 Å². The molecule has 1 saturated carbocycles. The number of aliphatic carboxylic acids is 1. The molecule has 2 amide bonds. The smallest absolute Gasteiger partial charge is 0.407 e. The van der Waals surface area contributed by atoms with Crippen LogP contribution in [0.15, 0.2) is 48.5 Å². The zero-order valence-corrected chi connectivity index (χ0v) is 18.5. The zero-order chi connectivity index (χ0) is 23.4. The first-order chi connectivity index (χ1) is 15.9. The molecule has 2 aromatic carbocycles. The SMILES string of the molecule is COCC(NC(=O)CC1(NC(=O)OCC2c3ccccc3-c3ccccc32)CCC1)C(=O)O. The number of carboxylic acid groups (broad SMARTS) is 1. The van der Waals surface area contributed by atoms with Crippen LogP contribution in [0.1, 0.15) is 42.7 Å². The van der Waals surface area contributed by atoms with E-state index >= 15 is 0 Å². The van der Waals surface area contributed by atoms with Gasteiger partial charge >= 0.3 is 12.1 Å². The quantitative estimate of drug-likeness (QED) is 0.539. The lowest BCUT2D eigenvalue weighted by Crippen LogP contribution is -2.57. The Hall–Kier alpha value is -3.39. The number of rotatable bonds is 9. The van der Waals surface area contributed by atoms with Crippen LogP contribution in [-0.4, -0.2) is 55.0 Å². The van der Waals surface area contributed by atoms with E-state index < -0.39 is 29.6 Å². The molecule has 0 aromatic heterocycles. The van der Waals surface area contributed by atoms with Crippen LogP contribution in [-0.2, 0) is 19.1 Å². The molecule has 8 nitrogen and oxygen atoms in total. The molecule has 3 N–H and O–H groups in total. The third kappa shape index (κ3) is 4.85. The van der Waals surface area contributed by atoms with Gasteiger partial charge in [-0.3, -0.25) is 4.79 Å². The van der Waals surface area contributed by atoms with Crippen LogP contribution in [0.2, 0.25) is 0 Å². The molecule has 1 unspecified atom stereocenters. The van der Waals surface area contributed by atoms with Crippen LogP contribution >= 0.6 is 0 Å². The number of methoxy groups -OCH3 is 1. The van der Waals surface area contributed by atoms with Gasteiger partial charge in [-0.2, -0.15) is 0 Å². The molecule has 0 heterocycles. The number of amides is 2. The fraction of sp³-hybridized carbons (Fsp3) is 0.400. The van der Waals surface area contributed by atoms with Gasteiger partial charge in [0.05, 0.1) is 12.1 Å². The number of carbonyl (C=O) groups is 3. The predicted octanol–water partition coefficient (Wildman–Crippen LogP) is 3.05. The molecule has 174 valence electrons. The first-order valence-corrected chi connectivity index (χ1v) is 11.1. The van der Waals surface area contributed by atoms with E-state index in [1.165, 1.54) is 7.11 Å². The average molecular weight is 453 g/mol. The summed E-state index contributed by atoms with van der Waals surface area (Å²) in [6, 6.07) is 15.1. The highest BCUT2D eigenvalue weighted by atomic mass is 16.5. The van der Waals surface area contributed by atoms with E-state index in [0.717, 1.165) is 28.7 Å². The maximum atomic E-state index is 12.7. The largest absolute Gasteiger partial charge is 0.480 e. The van der Waals surface area contributed by atoms with Gasteiger partial charge in [0.25, 0.3) is 0 Å². The van der Waals surface area contributed by atoms with Crippen LogP contribution in [0.5, 0.6) is 0 Å². The van der Waals surface area contributed by atoms with Gasteiger partial charge in [0.15, 0.2) is 6.04 Å². The normalized spacial score (nSPS) is 16.6. The van der Waals surface area contributed by atoms with Crippen LogP contribution < -0.4 is 10.6 Å². The van der Waals surface area contributed by atoms with Crippen LogP contribution in [0, 0.1) is 0 Å². The van der Waals surface area contributed by atoms with Crippen molar-refractivity contribution in [2.45, 2.75) is 43.2 Å². The van der Waals surface area contributed by atoms with Gasteiger partial charge in [0, 0.05) is 19.4 Å². The van der Waals surface area contributed by atoms with E-state index in [9.17, 15) is 19.5 Å². The molecule has 0 aliphatic heterocycles. The number of carbonyl (C=O) groups excluding carboxylic acids is 2. The Bertz CT molecular complexity index is 1000. The lowest BCUT2D eigenvalue weighted by atomic mass is 9.74. The summed E-state index contributed by atoms with van der Waals surface area (Å²) in [4.78, 5) is 36.4. The summed E-state index contributed by atoms with van der Waals surface area (Å²) in [6.07, 6.45) is 1.55. The number of hydrogen-bond donors (Lipinski definition) is 3. The monoisotopic (exact) mass is 452 g/mol. The van der Waals surface area contributed by atoms with Crippen molar-refractivity contribution in [2.75, 3.05) is 20.3 Å². The average Bonchev–Trinajstić information content (AvgIpc) is 3.09. The molecule has 0 radical (unpaired) electrons. The van der Waals surface area contributed by atoms with Crippen molar-refractivity contribution in [3.05, 3.63) is 59.7 Å². The number of hydrogen-bond acceptors (Lipinski definition) is 5. The van der Waals surface area contributed by atoms with Gasteiger partial charge in [-0.1, -0.05) is 48.5 Å². The second-order valence-electron chi connectivity index (χ2n) is 8.67. The minimum Gasteiger partial charge on any atom is -0.480 e. The van der Waals surface area contributed by atoms with Crippen LogP contribution in [0.4, 0.5) is 4.79 Å². The molecule has 33 heavy (non-hydrogen) atoms. The molecule has 2 aliphatic rings. The molecule has 1 fully saturated rings. The number of alkyl carbamates (subject to hydrolysis) is 1. The van der Waals surface area contributed by atoms with Crippen molar-refractivity contribution in [3.8, 4) is 11.1 Å². The van der Waals surface area contributed by atoms with E-state index in [-0.39, 0.29) is 25.6 Å². The standard InChI is InChI=1S/C25H28N2O6/c1-32-15-21(23(29)30)26-22(28)13-25(11-6-12-25)27-24(31)33-14-20-18-9-4-2-7-16(18)17-8-3-5-10-19(17)20/h2-5,7-10,20-21H,6,11-15H2,1H3,(H,26,28)(H,27,31)(H,29,30). The Balaban J connectivity index is 1.36. The second kappa shape index (κ2) is 9.62. The van der Waals surface area contributed by atoms with Crippen LogP contribution in [0.25, 0.3) is 11.1 Å². The highest BCUT2D eigenvalue weighted by Crippen LogP contribution is 2.44. The summed E-state index contributed by atoms with van der Waals surface area (Å²) in [6.45, 7) is 0.0605. The van der Waals surface area contributed by atoms with Crippen molar-refractivity contribution in [3.63, 3.8) is 0 Å². The summed E-state index contributed by atoms with van der Waals surface area (Å²) < 4.78 is 10.5. The maximum absolute atomic E-state index is 12.7. The highest BCUT2D eigenvalue weighted by molar-refractivity contribution is 5.85. The Kier molecular flexibility index (Phi) is 6.65. The molecule has 0 bridgehead atoms. The van der Waals surface area contributed by atoms with Gasteiger partial charge in [-0.15, -0.1) is 0 Å². The van der Waals surface area contributed by atoms with Gasteiger partial charge in [0.2, 0.25) is 5.91 Å². The summed E-state index contributed by atoms with van der Waals surface area (Å²) in [5.41, 5.74) is 3.84. The van der Waals surface area contributed by atoms with Crippen molar-refractivity contribution in [1.29, 1.82) is 0 Å². The Morgan fingerprint density at radius 3 is 2.18 bits per heavy atom. The van der Waals surface area contributed by atoms with E-state index in [2.05, 4.69) is 34.9 Å². The van der Waals surface area contributed by atoms with Crippen molar-refractivity contribution >= 4 is 18.0 Å². The molecular formula is C25H28N2O6. The first kappa shape index (κ1) is 22.8. The highest BCUT2D eigenvalue weighted by Gasteiger charge is 2.41. The van der Waals surface area contributed by atoms with Gasteiger partial charge < -0.3 is 25.2 Å².